The first kappa shape index (κ1) is 40.1. The number of nitrogens with one attached hydrogen (secondary N) is 3. The lowest BCUT2D eigenvalue weighted by atomic mass is 9.94. The number of rotatable bonds is 10. The van der Waals surface area contributed by atoms with E-state index in [-0.39, 0.29) is 41.6 Å². The number of nitrogens with zero attached hydrogens (tertiary/aromatic N) is 7. The third-order valence-electron chi connectivity index (χ3n) is 11.0. The predicted molar refractivity (Wildman–Crippen MR) is 208 cm³/mol. The maximum Gasteiger partial charge on any atom is 0.435 e. The number of hydrogen-bond donors (Lipinski definition) is 3. The first-order valence-electron chi connectivity index (χ1n) is 18.8. The molecule has 0 spiro atoms. The number of benzene rings is 2. The number of anilines is 2. The lowest BCUT2D eigenvalue weighted by molar-refractivity contribution is -0.142. The minimum absolute atomic E-state index is 0.0276. The highest BCUT2D eigenvalue weighted by molar-refractivity contribution is 7.92. The molecule has 2 fully saturated rings. The van der Waals surface area contributed by atoms with Gasteiger partial charge in [0.25, 0.3) is 5.92 Å². The molecule has 6 aromatic rings. The Labute approximate surface area is 341 Å². The summed E-state index contributed by atoms with van der Waals surface area (Å²) in [5.74, 6) is -8.88. The standard InChI is InChI=1S/C38H35F7N10O3S2/c1-17-15-54(8-7-46-17)36-49-35-27(59-36)14-23(21-5-4-6-22-31(21)53(2)51-34(22)52-60(3,57)58)30(48-35)26(11-18-9-19(39)12-20(40)10-18)47-28(56)16-55-33-29(32(50-55)38(43,44)45)24-13-25(24)37(33,41)42/h4-6,9-10,12,14,17,24-26,46H,7-8,11,13,15-16H2,1-3H3,(H,47,56)(H,51,52)/t17-,24+,25?,26+/m1/s1. The van der Waals surface area contributed by atoms with Crippen molar-refractivity contribution in [2.45, 2.75) is 56.4 Å². The summed E-state index contributed by atoms with van der Waals surface area (Å²) in [6.07, 6.45) is -4.55. The number of halogens is 7. The van der Waals surface area contributed by atoms with Crippen LogP contribution in [0.4, 0.5) is 41.7 Å². The van der Waals surface area contributed by atoms with Gasteiger partial charge in [-0.05, 0) is 55.5 Å². The average Bonchev–Trinajstić information content (AvgIpc) is 3.41. The van der Waals surface area contributed by atoms with Gasteiger partial charge in [-0.25, -0.2) is 22.2 Å². The van der Waals surface area contributed by atoms with Crippen LogP contribution in [-0.2, 0) is 46.9 Å². The number of thiazole rings is 1. The number of pyridine rings is 1. The maximum absolute atomic E-state index is 15.5. The Bertz CT molecular complexity index is 2820. The minimum atomic E-state index is -5.06. The van der Waals surface area contributed by atoms with E-state index in [0.717, 1.165) is 18.4 Å². The number of para-hydroxylation sites is 1. The second-order valence-corrected chi connectivity index (χ2v) is 18.3. The molecule has 0 bridgehead atoms. The molecule has 3 aliphatic rings. The number of sulfonamides is 1. The van der Waals surface area contributed by atoms with E-state index in [4.69, 9.17) is 9.97 Å². The maximum atomic E-state index is 15.5. The number of carbonyl (C=O) groups is 1. The summed E-state index contributed by atoms with van der Waals surface area (Å²) in [5, 5.41) is 15.0. The number of alkyl halides is 5. The fourth-order valence-electron chi connectivity index (χ4n) is 8.54. The molecule has 1 aliphatic heterocycles. The predicted octanol–water partition coefficient (Wildman–Crippen LogP) is 6.22. The second kappa shape index (κ2) is 14.1. The Hall–Kier alpha value is -5.35. The monoisotopic (exact) mass is 876 g/mol. The van der Waals surface area contributed by atoms with E-state index in [1.807, 2.05) is 6.92 Å². The van der Waals surface area contributed by atoms with E-state index >= 15 is 8.78 Å². The van der Waals surface area contributed by atoms with Crippen LogP contribution < -0.4 is 20.3 Å². The van der Waals surface area contributed by atoms with Gasteiger partial charge in [0.2, 0.25) is 15.9 Å². The highest BCUT2D eigenvalue weighted by Crippen LogP contribution is 2.68. The number of amides is 1. The van der Waals surface area contributed by atoms with Crippen molar-refractivity contribution in [3.05, 3.63) is 82.3 Å². The number of hydrogen-bond acceptors (Lipinski definition) is 10. The molecule has 1 unspecified atom stereocenters. The van der Waals surface area contributed by atoms with E-state index in [1.165, 1.54) is 16.0 Å². The molecule has 13 nitrogen and oxygen atoms in total. The van der Waals surface area contributed by atoms with Crippen molar-refractivity contribution in [3.63, 3.8) is 0 Å². The van der Waals surface area contributed by atoms with Gasteiger partial charge in [-0.15, -0.1) is 0 Å². The molecular formula is C38H35F7N10O3S2. The molecule has 22 heteroatoms. The molecule has 316 valence electrons. The van der Waals surface area contributed by atoms with E-state index in [2.05, 4.69) is 30.5 Å². The van der Waals surface area contributed by atoms with Crippen molar-refractivity contribution in [2.75, 3.05) is 35.5 Å². The van der Waals surface area contributed by atoms with E-state index in [9.17, 15) is 35.2 Å². The summed E-state index contributed by atoms with van der Waals surface area (Å²) in [4.78, 5) is 25.9. The van der Waals surface area contributed by atoms with Gasteiger partial charge >= 0.3 is 6.18 Å². The molecular weight excluding hydrogens is 842 g/mol. The van der Waals surface area contributed by atoms with Crippen LogP contribution in [0.5, 0.6) is 0 Å². The number of aromatic nitrogens is 6. The van der Waals surface area contributed by atoms with Crippen LogP contribution >= 0.6 is 11.3 Å². The lowest BCUT2D eigenvalue weighted by Gasteiger charge is -2.31. The van der Waals surface area contributed by atoms with Gasteiger partial charge in [0.05, 0.1) is 28.2 Å². The van der Waals surface area contributed by atoms with Gasteiger partial charge in [0, 0.05) is 66.8 Å². The molecule has 5 heterocycles. The number of piperazine rings is 1. The van der Waals surface area contributed by atoms with Crippen LogP contribution in [0.15, 0.2) is 42.5 Å². The lowest BCUT2D eigenvalue weighted by Crippen LogP contribution is -2.49. The normalized spacial score (nSPS) is 20.4. The van der Waals surface area contributed by atoms with E-state index in [0.29, 0.717) is 62.2 Å². The zero-order chi connectivity index (χ0) is 42.6. The molecule has 4 aromatic heterocycles. The van der Waals surface area contributed by atoms with Crippen LogP contribution in [0.25, 0.3) is 32.4 Å². The highest BCUT2D eigenvalue weighted by Gasteiger charge is 2.68. The molecule has 1 amide bonds. The quantitative estimate of drug-likeness (QED) is 0.136. The summed E-state index contributed by atoms with van der Waals surface area (Å²) in [7, 11) is -2.18. The molecule has 0 radical (unpaired) electrons. The summed E-state index contributed by atoms with van der Waals surface area (Å²) >= 11 is 1.35. The van der Waals surface area contributed by atoms with Gasteiger partial charge < -0.3 is 15.5 Å². The highest BCUT2D eigenvalue weighted by atomic mass is 32.2. The molecule has 4 atom stereocenters. The summed E-state index contributed by atoms with van der Waals surface area (Å²) in [6.45, 7) is 2.97. The first-order chi connectivity index (χ1) is 28.2. The van der Waals surface area contributed by atoms with Crippen molar-refractivity contribution in [1.29, 1.82) is 0 Å². The smallest absolute Gasteiger partial charge is 0.346 e. The van der Waals surface area contributed by atoms with E-state index in [1.54, 1.807) is 31.3 Å². The minimum Gasteiger partial charge on any atom is -0.346 e. The third-order valence-corrected chi connectivity index (χ3v) is 12.6. The summed E-state index contributed by atoms with van der Waals surface area (Å²) < 4.78 is 132. The molecule has 3 N–H and O–H groups in total. The van der Waals surface area contributed by atoms with Crippen molar-refractivity contribution in [1.82, 2.24) is 40.2 Å². The van der Waals surface area contributed by atoms with Crippen LogP contribution in [0, 0.1) is 17.6 Å². The number of aryl methyl sites for hydroxylation is 1. The number of carbonyl (C=O) groups excluding carboxylic acids is 1. The van der Waals surface area contributed by atoms with Crippen molar-refractivity contribution in [2.24, 2.45) is 13.0 Å². The zero-order valence-electron chi connectivity index (χ0n) is 31.9. The Morgan fingerprint density at radius 1 is 1.08 bits per heavy atom. The largest absolute Gasteiger partial charge is 0.435 e. The zero-order valence-corrected chi connectivity index (χ0v) is 33.5. The van der Waals surface area contributed by atoms with Crippen LogP contribution in [0.3, 0.4) is 0 Å². The second-order valence-electron chi connectivity index (χ2n) is 15.5. The Morgan fingerprint density at radius 2 is 1.83 bits per heavy atom. The fourth-order valence-corrected chi connectivity index (χ4v) is 10.0. The van der Waals surface area contributed by atoms with Gasteiger partial charge in [-0.1, -0.05) is 23.5 Å². The Kier molecular flexibility index (Phi) is 9.43. The summed E-state index contributed by atoms with van der Waals surface area (Å²) in [5.41, 5.74) is -1.40. The third kappa shape index (κ3) is 7.20. The van der Waals surface area contributed by atoms with Crippen LogP contribution in [-0.4, -0.2) is 75.8 Å². The fraction of sp³-hybridized carbons (Fsp3) is 0.395. The van der Waals surface area contributed by atoms with Crippen molar-refractivity contribution >= 4 is 59.5 Å². The molecule has 9 rings (SSSR count). The van der Waals surface area contributed by atoms with Gasteiger partial charge in [-0.3, -0.25) is 18.9 Å². The molecule has 60 heavy (non-hydrogen) atoms. The Balaban J connectivity index is 1.20. The Morgan fingerprint density at radius 3 is 2.53 bits per heavy atom. The molecule has 2 aromatic carbocycles. The first-order valence-corrected chi connectivity index (χ1v) is 21.5. The van der Waals surface area contributed by atoms with E-state index < -0.39 is 81.0 Å². The molecule has 1 saturated heterocycles. The van der Waals surface area contributed by atoms with Gasteiger partial charge in [0.1, 0.15) is 23.9 Å². The molecule has 2 aliphatic carbocycles. The van der Waals surface area contributed by atoms with Gasteiger partial charge in [0.15, 0.2) is 22.3 Å². The average molecular weight is 877 g/mol. The van der Waals surface area contributed by atoms with Crippen LogP contribution in [0.1, 0.15) is 53.5 Å². The molecule has 1 saturated carbocycles. The number of fused-ring (bicyclic) bond motifs is 5. The van der Waals surface area contributed by atoms with Crippen molar-refractivity contribution in [3.8, 4) is 11.1 Å². The van der Waals surface area contributed by atoms with Gasteiger partial charge in [-0.2, -0.15) is 37.1 Å². The van der Waals surface area contributed by atoms with Crippen molar-refractivity contribution < 1.29 is 43.9 Å². The summed E-state index contributed by atoms with van der Waals surface area (Å²) in [6, 6.07) is 8.37. The van der Waals surface area contributed by atoms with Crippen LogP contribution in [0.2, 0.25) is 0 Å². The topological polar surface area (TPSA) is 152 Å². The SMILES string of the molecule is C[C@@H]1CN(c2nc3nc([C@H](Cc4cc(F)cc(F)c4)NC(=O)Cn4nc(C(F)(F)F)c5c4C(F)(F)C4C[C@H]54)c(-c4cccc5c(NS(C)(=O)=O)nn(C)c45)cc3s2)CCN1.